The van der Waals surface area contributed by atoms with Gasteiger partial charge in [-0.1, -0.05) is 0 Å². The van der Waals surface area contributed by atoms with Gasteiger partial charge in [-0.05, 0) is 32.6 Å². The van der Waals surface area contributed by atoms with Gasteiger partial charge in [-0.15, -0.1) is 11.8 Å². The third-order valence-corrected chi connectivity index (χ3v) is 4.59. The lowest BCUT2D eigenvalue weighted by atomic mass is 10.1. The van der Waals surface area contributed by atoms with Crippen molar-refractivity contribution in [3.05, 3.63) is 11.8 Å². The van der Waals surface area contributed by atoms with Crippen LogP contribution in [0.15, 0.2) is 11.8 Å². The number of rotatable bonds is 2. The first kappa shape index (κ1) is 12.7. The summed E-state index contributed by atoms with van der Waals surface area (Å²) < 4.78 is 5.46. The summed E-state index contributed by atoms with van der Waals surface area (Å²) in [6.07, 6.45) is 2.37. The molecule has 0 aromatic heterocycles. The van der Waals surface area contributed by atoms with Gasteiger partial charge >= 0.3 is 5.97 Å². The minimum absolute atomic E-state index is 0.0215. The zero-order valence-electron chi connectivity index (χ0n) is 10.5. The largest absolute Gasteiger partial charge is 0.515 e. The van der Waals surface area contributed by atoms with Crippen LogP contribution in [0.5, 0.6) is 0 Å². The molecule has 94 valence electrons. The Labute approximate surface area is 107 Å². The fourth-order valence-corrected chi connectivity index (χ4v) is 3.83. The molecule has 0 spiro atoms. The number of thioether (sulfide) groups is 1. The zero-order valence-corrected chi connectivity index (χ0v) is 12.3. The van der Waals surface area contributed by atoms with E-state index in [1.165, 1.54) is 0 Å². The summed E-state index contributed by atoms with van der Waals surface area (Å²) in [5.41, 5.74) is 0.444. The fraction of sp³-hybridized carbons (Fsp3) is 0.636. The van der Waals surface area contributed by atoms with Crippen molar-refractivity contribution < 1.29 is 14.0 Å². The van der Waals surface area contributed by atoms with Gasteiger partial charge in [-0.3, -0.25) is 9.69 Å². The smallest absolute Gasteiger partial charge is 0.341 e. The lowest BCUT2D eigenvalue weighted by Gasteiger charge is -2.44. The van der Waals surface area contributed by atoms with Gasteiger partial charge in [0.1, 0.15) is 5.70 Å². The van der Waals surface area contributed by atoms with Crippen LogP contribution in [0.4, 0.5) is 0 Å². The molecule has 0 saturated carbocycles. The van der Waals surface area contributed by atoms with Gasteiger partial charge in [0.05, 0.1) is 11.8 Å². The first-order valence-corrected chi connectivity index (χ1v) is 10.1. The molecule has 0 aromatic carbocycles. The molecule has 0 N–H and O–H groups in total. The molecule has 0 bridgehead atoms. The van der Waals surface area contributed by atoms with Crippen molar-refractivity contribution >= 4 is 32.0 Å². The number of carbonyl (C=O) groups excluding carboxylic acids is 2. The van der Waals surface area contributed by atoms with E-state index in [-0.39, 0.29) is 22.5 Å². The molecule has 2 rings (SSSR count). The highest BCUT2D eigenvalue weighted by molar-refractivity contribution is 8.00. The van der Waals surface area contributed by atoms with E-state index in [0.717, 1.165) is 0 Å². The molecule has 1 saturated heterocycles. The van der Waals surface area contributed by atoms with E-state index in [4.69, 9.17) is 4.43 Å². The summed E-state index contributed by atoms with van der Waals surface area (Å²) in [4.78, 5) is 25.1. The summed E-state index contributed by atoms with van der Waals surface area (Å²) >= 11 is 1.71. The normalized spacial score (nSPS) is 28.1. The quantitative estimate of drug-likeness (QED) is 0.569. The van der Waals surface area contributed by atoms with E-state index in [9.17, 15) is 9.59 Å². The van der Waals surface area contributed by atoms with Crippen molar-refractivity contribution in [3.8, 4) is 0 Å². The molecule has 0 radical (unpaired) electrons. The van der Waals surface area contributed by atoms with Gasteiger partial charge in [-0.2, -0.15) is 0 Å². The fourth-order valence-electron chi connectivity index (χ4n) is 1.87. The van der Waals surface area contributed by atoms with Crippen molar-refractivity contribution in [2.75, 3.05) is 0 Å². The SMILES string of the molecule is CC1C=C(C(=O)O[Si](C)(C)C)N2C(=O)C[C@H]2S1. The molecule has 2 atom stereocenters. The van der Waals surface area contributed by atoms with E-state index >= 15 is 0 Å². The number of β-lactam (4-membered cyclic amide) rings is 1. The molecule has 6 heteroatoms. The maximum Gasteiger partial charge on any atom is 0.341 e. The number of hydrogen-bond acceptors (Lipinski definition) is 4. The van der Waals surface area contributed by atoms with Crippen LogP contribution in [0.3, 0.4) is 0 Å². The highest BCUT2D eigenvalue weighted by atomic mass is 32.2. The Morgan fingerprint density at radius 3 is 2.71 bits per heavy atom. The third kappa shape index (κ3) is 2.57. The van der Waals surface area contributed by atoms with Gasteiger partial charge in [0, 0.05) is 5.25 Å². The van der Waals surface area contributed by atoms with Crippen LogP contribution in [0, 0.1) is 0 Å². The molecule has 17 heavy (non-hydrogen) atoms. The maximum absolute atomic E-state index is 12.0. The first-order valence-electron chi connectivity index (χ1n) is 5.70. The van der Waals surface area contributed by atoms with Gasteiger partial charge in [0.15, 0.2) is 0 Å². The van der Waals surface area contributed by atoms with Crippen LogP contribution in [0.2, 0.25) is 19.6 Å². The minimum Gasteiger partial charge on any atom is -0.515 e. The molecule has 2 aliphatic rings. The molecule has 0 aromatic rings. The predicted octanol–water partition coefficient (Wildman–Crippen LogP) is 1.94. The standard InChI is InChI=1S/C11H17NO3SSi/c1-7-5-8(11(14)15-17(2,3)4)12-9(13)6-10(12)16-7/h5,7,10H,6H2,1-4H3/t7?,10-/m1/s1. The summed E-state index contributed by atoms with van der Waals surface area (Å²) in [7, 11) is -1.91. The van der Waals surface area contributed by atoms with Crippen LogP contribution in [-0.4, -0.2) is 35.7 Å². The Morgan fingerprint density at radius 1 is 1.53 bits per heavy atom. The van der Waals surface area contributed by atoms with E-state index < -0.39 is 8.32 Å². The molecular formula is C11H17NO3SSi. The van der Waals surface area contributed by atoms with Gasteiger partial charge in [0.2, 0.25) is 14.2 Å². The lowest BCUT2D eigenvalue weighted by molar-refractivity contribution is -0.145. The number of fused-ring (bicyclic) bond motifs is 1. The topological polar surface area (TPSA) is 46.6 Å². The second-order valence-electron chi connectivity index (χ2n) is 5.32. The summed E-state index contributed by atoms with van der Waals surface area (Å²) in [6.45, 7) is 7.91. The molecular weight excluding hydrogens is 254 g/mol. The van der Waals surface area contributed by atoms with E-state index in [1.807, 2.05) is 32.6 Å². The highest BCUT2D eigenvalue weighted by Gasteiger charge is 2.45. The molecule has 4 nitrogen and oxygen atoms in total. The van der Waals surface area contributed by atoms with Crippen molar-refractivity contribution in [2.24, 2.45) is 0 Å². The van der Waals surface area contributed by atoms with E-state index in [2.05, 4.69) is 0 Å². The zero-order chi connectivity index (χ0) is 12.8. The van der Waals surface area contributed by atoms with E-state index in [1.54, 1.807) is 16.7 Å². The highest BCUT2D eigenvalue weighted by Crippen LogP contribution is 2.40. The van der Waals surface area contributed by atoms with Crippen molar-refractivity contribution in [3.63, 3.8) is 0 Å². The summed E-state index contributed by atoms with van der Waals surface area (Å²) in [5.74, 6) is -0.317. The molecule has 2 aliphatic heterocycles. The van der Waals surface area contributed by atoms with Crippen molar-refractivity contribution in [1.82, 2.24) is 4.90 Å². The predicted molar refractivity (Wildman–Crippen MR) is 69.8 cm³/mol. The second kappa shape index (κ2) is 4.17. The number of hydrogen-bond donors (Lipinski definition) is 0. The minimum atomic E-state index is -1.91. The molecule has 2 heterocycles. The lowest BCUT2D eigenvalue weighted by Crippen LogP contribution is -2.54. The van der Waals surface area contributed by atoms with Crippen LogP contribution >= 0.6 is 11.8 Å². The molecule has 0 aliphatic carbocycles. The average molecular weight is 271 g/mol. The van der Waals surface area contributed by atoms with Gasteiger partial charge < -0.3 is 4.43 Å². The Bertz CT molecular complexity index is 402. The van der Waals surface area contributed by atoms with Gasteiger partial charge in [0.25, 0.3) is 0 Å². The number of nitrogens with zero attached hydrogens (tertiary/aromatic N) is 1. The Balaban J connectivity index is 2.18. The average Bonchev–Trinajstić information content (AvgIpc) is 2.12. The second-order valence-corrected chi connectivity index (χ2v) is 11.3. The molecule has 1 fully saturated rings. The monoisotopic (exact) mass is 271 g/mol. The summed E-state index contributed by atoms with van der Waals surface area (Å²) in [6, 6.07) is 0. The Kier molecular flexibility index (Phi) is 3.11. The van der Waals surface area contributed by atoms with Crippen molar-refractivity contribution in [2.45, 2.75) is 43.6 Å². The third-order valence-electron chi connectivity index (χ3n) is 2.54. The Hall–Kier alpha value is -0.753. The first-order chi connectivity index (χ1) is 7.78. The van der Waals surface area contributed by atoms with Crippen LogP contribution in [0.25, 0.3) is 0 Å². The Morgan fingerprint density at radius 2 is 2.18 bits per heavy atom. The van der Waals surface area contributed by atoms with Gasteiger partial charge in [-0.25, -0.2) is 4.79 Å². The van der Waals surface area contributed by atoms with Crippen LogP contribution in [0.1, 0.15) is 13.3 Å². The number of carbonyl (C=O) groups is 2. The number of amides is 1. The summed E-state index contributed by atoms with van der Waals surface area (Å²) in [5, 5.41) is 0.389. The van der Waals surface area contributed by atoms with E-state index in [0.29, 0.717) is 12.1 Å². The molecule has 1 amide bonds. The van der Waals surface area contributed by atoms with Crippen LogP contribution < -0.4 is 0 Å². The van der Waals surface area contributed by atoms with Crippen molar-refractivity contribution in [1.29, 1.82) is 0 Å². The molecule has 1 unspecified atom stereocenters. The maximum atomic E-state index is 12.0. The van der Waals surface area contributed by atoms with Crippen LogP contribution in [-0.2, 0) is 14.0 Å².